The van der Waals surface area contributed by atoms with Gasteiger partial charge in [0.1, 0.15) is 11.8 Å². The molecule has 0 fully saturated rings. The summed E-state index contributed by atoms with van der Waals surface area (Å²) in [4.78, 5) is 27.1. The number of hydrogen-bond acceptors (Lipinski definition) is 3. The van der Waals surface area contributed by atoms with Gasteiger partial charge in [-0.3, -0.25) is 9.59 Å². The molecule has 0 aliphatic heterocycles. The quantitative estimate of drug-likeness (QED) is 0.685. The summed E-state index contributed by atoms with van der Waals surface area (Å²) < 4.78 is 5.67. The Balaban J connectivity index is 2.09. The van der Waals surface area contributed by atoms with E-state index in [4.69, 9.17) is 4.74 Å². The van der Waals surface area contributed by atoms with Gasteiger partial charge >= 0.3 is 0 Å². The standard InChI is InChI=1S/C23H30N2O3/c1-4-21(23(27)24-5-2)25(16-15-19-9-7-6-8-10-19)22(26)17-28-20-13-11-18(3)12-14-20/h6-14,21H,4-5,15-17H2,1-3H3,(H,24,27). The van der Waals surface area contributed by atoms with Crippen LogP contribution in [0, 0.1) is 6.92 Å². The fourth-order valence-electron chi connectivity index (χ4n) is 3.05. The Kier molecular flexibility index (Phi) is 8.53. The third-order valence-electron chi connectivity index (χ3n) is 4.60. The molecule has 2 aromatic carbocycles. The number of aryl methyl sites for hydroxylation is 1. The zero-order valence-corrected chi connectivity index (χ0v) is 17.0. The minimum atomic E-state index is -0.502. The first-order valence-electron chi connectivity index (χ1n) is 9.85. The number of benzene rings is 2. The van der Waals surface area contributed by atoms with Gasteiger partial charge < -0.3 is 15.0 Å². The van der Waals surface area contributed by atoms with Gasteiger partial charge in [0.2, 0.25) is 5.91 Å². The van der Waals surface area contributed by atoms with E-state index >= 15 is 0 Å². The number of rotatable bonds is 10. The molecule has 0 radical (unpaired) electrons. The third kappa shape index (κ3) is 6.41. The Morgan fingerprint density at radius 1 is 1.04 bits per heavy atom. The van der Waals surface area contributed by atoms with Crippen molar-refractivity contribution in [3.8, 4) is 5.75 Å². The highest BCUT2D eigenvalue weighted by Gasteiger charge is 2.28. The van der Waals surface area contributed by atoms with Crippen LogP contribution in [0.5, 0.6) is 5.75 Å². The fraction of sp³-hybridized carbons (Fsp3) is 0.391. The van der Waals surface area contributed by atoms with Crippen LogP contribution in [0.15, 0.2) is 54.6 Å². The Hall–Kier alpha value is -2.82. The van der Waals surface area contributed by atoms with Gasteiger partial charge in [0.15, 0.2) is 6.61 Å². The van der Waals surface area contributed by atoms with E-state index < -0.39 is 6.04 Å². The summed E-state index contributed by atoms with van der Waals surface area (Å²) in [6.45, 7) is 6.71. The Labute approximate surface area is 167 Å². The Bertz CT molecular complexity index is 744. The molecule has 2 aromatic rings. The van der Waals surface area contributed by atoms with Crippen molar-refractivity contribution in [3.63, 3.8) is 0 Å². The molecule has 0 bridgehead atoms. The summed E-state index contributed by atoms with van der Waals surface area (Å²) >= 11 is 0. The Morgan fingerprint density at radius 2 is 1.71 bits per heavy atom. The van der Waals surface area contributed by atoms with E-state index in [-0.39, 0.29) is 18.4 Å². The molecule has 150 valence electrons. The molecule has 0 aliphatic carbocycles. The van der Waals surface area contributed by atoms with E-state index in [2.05, 4.69) is 5.32 Å². The third-order valence-corrected chi connectivity index (χ3v) is 4.60. The topological polar surface area (TPSA) is 58.6 Å². The van der Waals surface area contributed by atoms with E-state index in [0.29, 0.717) is 31.7 Å². The molecule has 28 heavy (non-hydrogen) atoms. The van der Waals surface area contributed by atoms with Crippen LogP contribution in [0.1, 0.15) is 31.4 Å². The summed E-state index contributed by atoms with van der Waals surface area (Å²) in [7, 11) is 0. The van der Waals surface area contributed by atoms with Crippen molar-refractivity contribution >= 4 is 11.8 Å². The molecule has 2 amide bonds. The zero-order valence-electron chi connectivity index (χ0n) is 17.0. The predicted octanol–water partition coefficient (Wildman–Crippen LogP) is 3.36. The van der Waals surface area contributed by atoms with Gasteiger partial charge in [0.05, 0.1) is 0 Å². The van der Waals surface area contributed by atoms with Crippen molar-refractivity contribution in [2.45, 2.75) is 39.7 Å². The lowest BCUT2D eigenvalue weighted by molar-refractivity contribution is -0.142. The van der Waals surface area contributed by atoms with Gasteiger partial charge in [-0.25, -0.2) is 0 Å². The summed E-state index contributed by atoms with van der Waals surface area (Å²) in [6.07, 6.45) is 1.24. The largest absolute Gasteiger partial charge is 0.484 e. The second-order valence-electron chi connectivity index (χ2n) is 6.74. The maximum atomic E-state index is 12.9. The van der Waals surface area contributed by atoms with Gasteiger partial charge in [0, 0.05) is 13.1 Å². The number of nitrogens with zero attached hydrogens (tertiary/aromatic N) is 1. The second-order valence-corrected chi connectivity index (χ2v) is 6.74. The lowest BCUT2D eigenvalue weighted by Gasteiger charge is -2.30. The van der Waals surface area contributed by atoms with Crippen LogP contribution in [-0.4, -0.2) is 42.5 Å². The van der Waals surface area contributed by atoms with Crippen LogP contribution in [0.4, 0.5) is 0 Å². The summed E-state index contributed by atoms with van der Waals surface area (Å²) in [5.74, 6) is 0.337. The molecular weight excluding hydrogens is 352 g/mol. The molecule has 0 saturated carbocycles. The Morgan fingerprint density at radius 3 is 2.32 bits per heavy atom. The number of carbonyl (C=O) groups is 2. The summed E-state index contributed by atoms with van der Waals surface area (Å²) in [5, 5.41) is 2.84. The number of amides is 2. The van der Waals surface area contributed by atoms with Gasteiger partial charge in [-0.1, -0.05) is 55.0 Å². The summed E-state index contributed by atoms with van der Waals surface area (Å²) in [5.41, 5.74) is 2.26. The average Bonchev–Trinajstić information content (AvgIpc) is 2.71. The number of hydrogen-bond donors (Lipinski definition) is 1. The minimum Gasteiger partial charge on any atom is -0.484 e. The highest BCUT2D eigenvalue weighted by molar-refractivity contribution is 5.88. The van der Waals surface area contributed by atoms with Crippen molar-refractivity contribution in [2.75, 3.05) is 19.7 Å². The molecule has 5 heteroatoms. The average molecular weight is 383 g/mol. The second kappa shape index (κ2) is 11.1. The monoisotopic (exact) mass is 382 g/mol. The van der Waals surface area contributed by atoms with E-state index in [1.165, 1.54) is 0 Å². The molecule has 0 heterocycles. The highest BCUT2D eigenvalue weighted by atomic mass is 16.5. The van der Waals surface area contributed by atoms with Crippen LogP contribution in [0.2, 0.25) is 0 Å². The molecule has 1 N–H and O–H groups in total. The van der Waals surface area contributed by atoms with Crippen molar-refractivity contribution in [3.05, 3.63) is 65.7 Å². The SMILES string of the molecule is CCNC(=O)C(CC)N(CCc1ccccc1)C(=O)COc1ccc(C)cc1. The molecule has 0 aliphatic rings. The van der Waals surface area contributed by atoms with Gasteiger partial charge in [-0.05, 0) is 44.4 Å². The van der Waals surface area contributed by atoms with Crippen molar-refractivity contribution in [2.24, 2.45) is 0 Å². The molecular formula is C23H30N2O3. The molecule has 0 aromatic heterocycles. The smallest absolute Gasteiger partial charge is 0.261 e. The van der Waals surface area contributed by atoms with E-state index in [1.54, 1.807) is 4.90 Å². The van der Waals surface area contributed by atoms with Crippen molar-refractivity contribution < 1.29 is 14.3 Å². The van der Waals surface area contributed by atoms with E-state index in [9.17, 15) is 9.59 Å². The molecule has 5 nitrogen and oxygen atoms in total. The minimum absolute atomic E-state index is 0.0895. The first-order chi connectivity index (χ1) is 13.5. The first-order valence-corrected chi connectivity index (χ1v) is 9.85. The molecule has 1 unspecified atom stereocenters. The zero-order chi connectivity index (χ0) is 20.4. The number of carbonyl (C=O) groups excluding carboxylic acids is 2. The van der Waals surface area contributed by atoms with Gasteiger partial charge in [0.25, 0.3) is 5.91 Å². The normalized spacial score (nSPS) is 11.5. The molecule has 1 atom stereocenters. The van der Waals surface area contributed by atoms with Crippen molar-refractivity contribution in [1.82, 2.24) is 10.2 Å². The maximum absolute atomic E-state index is 12.9. The number of likely N-dealkylation sites (N-methyl/N-ethyl adjacent to an activating group) is 1. The number of ether oxygens (including phenoxy) is 1. The van der Waals surface area contributed by atoms with Crippen LogP contribution in [0.25, 0.3) is 0 Å². The predicted molar refractivity (Wildman–Crippen MR) is 111 cm³/mol. The van der Waals surface area contributed by atoms with E-state index in [1.807, 2.05) is 75.4 Å². The lowest BCUT2D eigenvalue weighted by atomic mass is 10.1. The summed E-state index contributed by atoms with van der Waals surface area (Å²) in [6, 6.07) is 17.0. The maximum Gasteiger partial charge on any atom is 0.261 e. The first kappa shape index (κ1) is 21.5. The van der Waals surface area contributed by atoms with Crippen LogP contribution < -0.4 is 10.1 Å². The lowest BCUT2D eigenvalue weighted by Crippen LogP contribution is -2.51. The molecule has 0 saturated heterocycles. The van der Waals surface area contributed by atoms with Crippen LogP contribution >= 0.6 is 0 Å². The van der Waals surface area contributed by atoms with Crippen LogP contribution in [0.3, 0.4) is 0 Å². The highest BCUT2D eigenvalue weighted by Crippen LogP contribution is 2.13. The van der Waals surface area contributed by atoms with Crippen LogP contribution in [-0.2, 0) is 16.0 Å². The van der Waals surface area contributed by atoms with E-state index in [0.717, 1.165) is 11.1 Å². The van der Waals surface area contributed by atoms with Gasteiger partial charge in [-0.2, -0.15) is 0 Å². The molecule has 2 rings (SSSR count). The fourth-order valence-corrected chi connectivity index (χ4v) is 3.05. The van der Waals surface area contributed by atoms with Gasteiger partial charge in [-0.15, -0.1) is 0 Å². The molecule has 0 spiro atoms. The van der Waals surface area contributed by atoms with Crippen molar-refractivity contribution in [1.29, 1.82) is 0 Å². The number of nitrogens with one attached hydrogen (secondary N) is 1.